The van der Waals surface area contributed by atoms with Crippen molar-refractivity contribution in [3.63, 3.8) is 0 Å². The first-order valence-electron chi connectivity index (χ1n) is 10.3. The van der Waals surface area contributed by atoms with Gasteiger partial charge in [-0.05, 0) is 31.5 Å². The van der Waals surface area contributed by atoms with Crippen LogP contribution in [0.2, 0.25) is 0 Å². The summed E-state index contributed by atoms with van der Waals surface area (Å²) in [6.07, 6.45) is -4.77. The summed E-state index contributed by atoms with van der Waals surface area (Å²) in [7, 11) is 1.86. The number of rotatable bonds is 5. The lowest BCUT2D eigenvalue weighted by molar-refractivity contribution is -0.189. The molecule has 0 aromatic heterocycles. The van der Waals surface area contributed by atoms with Crippen LogP contribution in [0.1, 0.15) is 30.9 Å². The first kappa shape index (κ1) is 23.5. The van der Waals surface area contributed by atoms with Crippen molar-refractivity contribution >= 4 is 11.8 Å². The van der Waals surface area contributed by atoms with Crippen LogP contribution in [0.4, 0.5) is 13.2 Å². The zero-order valence-corrected chi connectivity index (χ0v) is 17.6. The Kier molecular flexibility index (Phi) is 7.23. The number of carbonyl (C=O) groups excluding carboxylic acids is 2. The van der Waals surface area contributed by atoms with E-state index in [2.05, 4.69) is 5.32 Å². The van der Waals surface area contributed by atoms with E-state index in [0.717, 1.165) is 12.0 Å². The van der Waals surface area contributed by atoms with Gasteiger partial charge in [0.2, 0.25) is 5.91 Å². The molecule has 0 saturated carbocycles. The largest absolute Gasteiger partial charge is 0.471 e. The van der Waals surface area contributed by atoms with Crippen molar-refractivity contribution < 1.29 is 32.6 Å². The van der Waals surface area contributed by atoms with Gasteiger partial charge in [0.1, 0.15) is 6.04 Å². The zero-order valence-electron chi connectivity index (χ0n) is 17.6. The van der Waals surface area contributed by atoms with E-state index in [0.29, 0.717) is 23.4 Å². The van der Waals surface area contributed by atoms with E-state index in [1.165, 1.54) is 0 Å². The molecule has 0 bridgehead atoms. The van der Waals surface area contributed by atoms with Crippen molar-refractivity contribution in [1.29, 1.82) is 0 Å². The number of fused-ring (bicyclic) bond motifs is 1. The molecular weight excluding hydrogens is 415 g/mol. The fourth-order valence-electron chi connectivity index (χ4n) is 4.24. The Morgan fingerprint density at radius 1 is 1.26 bits per heavy atom. The number of hydrogen-bond acceptors (Lipinski definition) is 5. The minimum absolute atomic E-state index is 0.0311. The molecule has 1 fully saturated rings. The molecule has 0 aliphatic carbocycles. The lowest BCUT2D eigenvalue weighted by atomic mass is 9.93. The number of aliphatic hydroxyl groups is 1. The van der Waals surface area contributed by atoms with Crippen LogP contribution in [-0.4, -0.2) is 77.5 Å². The van der Waals surface area contributed by atoms with Gasteiger partial charge in [0.05, 0.1) is 6.10 Å². The molecule has 4 atom stereocenters. The third kappa shape index (κ3) is 5.75. The van der Waals surface area contributed by atoms with Gasteiger partial charge in [-0.15, -0.1) is 0 Å². The first-order chi connectivity index (χ1) is 14.6. The summed E-state index contributed by atoms with van der Waals surface area (Å²) in [5.41, 5.74) is 1.37. The number of nitrogens with one attached hydrogen (secondary N) is 1. The highest BCUT2D eigenvalue weighted by Gasteiger charge is 2.47. The fourth-order valence-corrected chi connectivity index (χ4v) is 4.24. The average molecular weight is 443 g/mol. The van der Waals surface area contributed by atoms with Crippen LogP contribution in [0.5, 0.6) is 0 Å². The van der Waals surface area contributed by atoms with Crippen LogP contribution in [0, 0.1) is 0 Å². The Morgan fingerprint density at radius 2 is 1.94 bits per heavy atom. The highest BCUT2D eigenvalue weighted by atomic mass is 19.4. The number of amides is 2. The van der Waals surface area contributed by atoms with Gasteiger partial charge >= 0.3 is 12.1 Å². The first-order valence-corrected chi connectivity index (χ1v) is 10.3. The SMILES string of the molecule is CC1CC(N(C)CCNC(=O)C2Cc3ccccc3CN2C(=O)C(F)(F)F)CC(O)O1. The summed E-state index contributed by atoms with van der Waals surface area (Å²) in [4.78, 5) is 27.3. The molecule has 2 N–H and O–H groups in total. The van der Waals surface area contributed by atoms with Gasteiger partial charge in [-0.25, -0.2) is 0 Å². The van der Waals surface area contributed by atoms with Crippen LogP contribution in [0.15, 0.2) is 24.3 Å². The molecule has 4 unspecified atom stereocenters. The van der Waals surface area contributed by atoms with Crippen LogP contribution < -0.4 is 5.32 Å². The monoisotopic (exact) mass is 443 g/mol. The molecule has 1 aromatic rings. The second kappa shape index (κ2) is 9.54. The fraction of sp³-hybridized carbons (Fsp3) is 0.619. The molecule has 1 aromatic carbocycles. The predicted molar refractivity (Wildman–Crippen MR) is 106 cm³/mol. The maximum Gasteiger partial charge on any atom is 0.471 e. The Bertz CT molecular complexity index is 794. The predicted octanol–water partition coefficient (Wildman–Crippen LogP) is 1.44. The Labute approximate surface area is 179 Å². The standard InChI is InChI=1S/C21H28F3N3O4/c1-13-9-16(11-18(28)31-13)26(2)8-7-25-19(29)17-10-14-5-3-4-6-15(14)12-27(17)20(30)21(22,23)24/h3-6,13,16-18,28H,7-12H2,1-2H3,(H,25,29). The topological polar surface area (TPSA) is 82.1 Å². The molecule has 1 saturated heterocycles. The number of benzene rings is 1. The molecule has 3 rings (SSSR count). The van der Waals surface area contributed by atoms with Gasteiger partial charge in [0.15, 0.2) is 6.29 Å². The maximum absolute atomic E-state index is 13.1. The van der Waals surface area contributed by atoms with E-state index >= 15 is 0 Å². The molecule has 0 radical (unpaired) electrons. The van der Waals surface area contributed by atoms with Gasteiger partial charge in [-0.2, -0.15) is 13.2 Å². The summed E-state index contributed by atoms with van der Waals surface area (Å²) < 4.78 is 44.6. The number of hydrogen-bond donors (Lipinski definition) is 2. The number of nitrogens with zero attached hydrogens (tertiary/aromatic N) is 2. The van der Waals surface area contributed by atoms with Gasteiger partial charge in [-0.3, -0.25) is 9.59 Å². The van der Waals surface area contributed by atoms with Crippen molar-refractivity contribution in [3.05, 3.63) is 35.4 Å². The van der Waals surface area contributed by atoms with E-state index in [-0.39, 0.29) is 31.7 Å². The van der Waals surface area contributed by atoms with Gasteiger partial charge in [-0.1, -0.05) is 24.3 Å². The minimum atomic E-state index is -5.05. The van der Waals surface area contributed by atoms with Crippen LogP contribution in [-0.2, 0) is 27.3 Å². The van der Waals surface area contributed by atoms with Crippen LogP contribution >= 0.6 is 0 Å². The van der Waals surface area contributed by atoms with E-state index in [4.69, 9.17) is 4.74 Å². The van der Waals surface area contributed by atoms with E-state index in [9.17, 15) is 27.9 Å². The number of carbonyl (C=O) groups is 2. The Morgan fingerprint density at radius 3 is 2.58 bits per heavy atom. The smallest absolute Gasteiger partial charge is 0.368 e. The summed E-state index contributed by atoms with van der Waals surface area (Å²) >= 11 is 0. The third-order valence-electron chi connectivity index (χ3n) is 5.91. The molecule has 10 heteroatoms. The highest BCUT2D eigenvalue weighted by molar-refractivity contribution is 5.90. The number of aliphatic hydroxyl groups excluding tert-OH is 1. The number of likely N-dealkylation sites (N-methyl/N-ethyl adjacent to an activating group) is 1. The van der Waals surface area contributed by atoms with E-state index in [1.807, 2.05) is 18.9 Å². The maximum atomic E-state index is 13.1. The van der Waals surface area contributed by atoms with Crippen molar-refractivity contribution in [1.82, 2.24) is 15.1 Å². The zero-order chi connectivity index (χ0) is 22.8. The van der Waals surface area contributed by atoms with Crippen molar-refractivity contribution in [2.45, 2.75) is 63.4 Å². The number of alkyl halides is 3. The van der Waals surface area contributed by atoms with Gasteiger partial charge < -0.3 is 25.0 Å². The second-order valence-corrected chi connectivity index (χ2v) is 8.22. The number of ether oxygens (including phenoxy) is 1. The molecule has 31 heavy (non-hydrogen) atoms. The lowest BCUT2D eigenvalue weighted by Gasteiger charge is -2.37. The Hall–Kier alpha value is -2.17. The molecule has 7 nitrogen and oxygen atoms in total. The highest BCUT2D eigenvalue weighted by Crippen LogP contribution is 2.28. The Balaban J connectivity index is 1.62. The van der Waals surface area contributed by atoms with Gasteiger partial charge in [0.25, 0.3) is 0 Å². The summed E-state index contributed by atoms with van der Waals surface area (Å²) in [6.45, 7) is 2.28. The van der Waals surface area contributed by atoms with Crippen molar-refractivity contribution in [2.24, 2.45) is 0 Å². The quantitative estimate of drug-likeness (QED) is 0.720. The summed E-state index contributed by atoms with van der Waals surface area (Å²) in [5, 5.41) is 12.4. The normalized spacial score (nSPS) is 26.5. The van der Waals surface area contributed by atoms with E-state index < -0.39 is 30.3 Å². The minimum Gasteiger partial charge on any atom is -0.368 e. The second-order valence-electron chi connectivity index (χ2n) is 8.22. The molecule has 2 heterocycles. The van der Waals surface area contributed by atoms with E-state index in [1.54, 1.807) is 24.3 Å². The average Bonchev–Trinajstić information content (AvgIpc) is 2.70. The molecule has 2 aliphatic heterocycles. The lowest BCUT2D eigenvalue weighted by Crippen LogP contribution is -2.56. The molecule has 2 aliphatic rings. The van der Waals surface area contributed by atoms with Crippen LogP contribution in [0.3, 0.4) is 0 Å². The molecule has 172 valence electrons. The summed E-state index contributed by atoms with van der Waals surface area (Å²) in [6, 6.07) is 5.72. The number of halogens is 3. The van der Waals surface area contributed by atoms with Crippen molar-refractivity contribution in [3.8, 4) is 0 Å². The molecular formula is C21H28F3N3O4. The molecule has 2 amide bonds. The molecule has 0 spiro atoms. The van der Waals surface area contributed by atoms with Crippen molar-refractivity contribution in [2.75, 3.05) is 20.1 Å². The third-order valence-corrected chi connectivity index (χ3v) is 5.91. The summed E-state index contributed by atoms with van der Waals surface area (Å²) in [5.74, 6) is -2.62. The van der Waals surface area contributed by atoms with Gasteiger partial charge in [0, 0.05) is 38.5 Å². The van der Waals surface area contributed by atoms with Crippen LogP contribution in [0.25, 0.3) is 0 Å².